The van der Waals surface area contributed by atoms with E-state index < -0.39 is 17.2 Å². The number of aromatic nitrogens is 4. The predicted molar refractivity (Wildman–Crippen MR) is 112 cm³/mol. The van der Waals surface area contributed by atoms with Gasteiger partial charge in [0.1, 0.15) is 11.6 Å². The van der Waals surface area contributed by atoms with Crippen LogP contribution in [0.5, 0.6) is 5.88 Å². The Morgan fingerprint density at radius 1 is 1.10 bits per heavy atom. The third-order valence-corrected chi connectivity index (χ3v) is 4.77. The molecule has 0 amide bonds. The van der Waals surface area contributed by atoms with Gasteiger partial charge in [-0.05, 0) is 36.8 Å². The van der Waals surface area contributed by atoms with Gasteiger partial charge < -0.3 is 14.6 Å². The first kappa shape index (κ1) is 20.4. The molecule has 31 heavy (non-hydrogen) atoms. The molecule has 0 fully saturated rings. The monoisotopic (exact) mass is 423 g/mol. The van der Waals surface area contributed by atoms with Crippen molar-refractivity contribution in [3.8, 4) is 5.88 Å². The van der Waals surface area contributed by atoms with Crippen LogP contribution in [0.4, 0.5) is 14.6 Å². The summed E-state index contributed by atoms with van der Waals surface area (Å²) in [5.74, 6) is -0.679. The van der Waals surface area contributed by atoms with Crippen LogP contribution in [0.1, 0.15) is 17.1 Å². The molecule has 3 heterocycles. The molecule has 7 nitrogen and oxygen atoms in total. The molecular weight excluding hydrogens is 404 g/mol. The van der Waals surface area contributed by atoms with Crippen LogP contribution >= 0.6 is 0 Å². The summed E-state index contributed by atoms with van der Waals surface area (Å²) < 4.78 is 33.3. The van der Waals surface area contributed by atoms with Crippen molar-refractivity contribution < 1.29 is 13.5 Å². The topological polar surface area (TPSA) is 84.0 Å². The number of pyridine rings is 2. The Morgan fingerprint density at radius 2 is 1.94 bits per heavy atom. The third-order valence-electron chi connectivity index (χ3n) is 4.77. The Kier molecular flexibility index (Phi) is 5.57. The number of aryl methyl sites for hydroxylation is 1. The molecule has 0 radical (unpaired) electrons. The molecule has 158 valence electrons. The Morgan fingerprint density at radius 3 is 2.68 bits per heavy atom. The molecule has 1 aromatic carbocycles. The zero-order valence-electron chi connectivity index (χ0n) is 16.9. The van der Waals surface area contributed by atoms with Gasteiger partial charge in [0.25, 0.3) is 0 Å². The number of anilines is 1. The molecule has 4 aromatic rings. The van der Waals surface area contributed by atoms with Gasteiger partial charge in [-0.1, -0.05) is 6.07 Å². The molecule has 0 saturated carbocycles. The normalized spacial score (nSPS) is 11.0. The maximum absolute atomic E-state index is 14.3. The second-order valence-corrected chi connectivity index (χ2v) is 6.94. The number of aromatic amines is 1. The molecule has 0 atom stereocenters. The Balaban J connectivity index is 1.83. The van der Waals surface area contributed by atoms with Crippen LogP contribution in [-0.4, -0.2) is 27.0 Å². The molecule has 0 aliphatic rings. The average Bonchev–Trinajstić information content (AvgIpc) is 2.76. The van der Waals surface area contributed by atoms with Crippen LogP contribution in [0.3, 0.4) is 0 Å². The van der Waals surface area contributed by atoms with Gasteiger partial charge >= 0.3 is 0 Å². The fraction of sp³-hybridized carbons (Fsp3) is 0.182. The molecule has 0 aliphatic heterocycles. The standard InChI is InChI=1S/C22H19F2N5O2/c1-13-26-18(10-20(27-13)31-2)29(12-15-5-3-4-8-25-15)11-14-9-19(30)28-22-16(14)6-7-17(23)21(22)24/h3-10H,11-12H2,1-2H3,(H,28,30). The molecule has 0 spiro atoms. The second-order valence-electron chi connectivity index (χ2n) is 6.94. The van der Waals surface area contributed by atoms with Crippen LogP contribution in [-0.2, 0) is 13.1 Å². The van der Waals surface area contributed by atoms with Crippen molar-refractivity contribution in [1.82, 2.24) is 19.9 Å². The molecular formula is C22H19F2N5O2. The lowest BCUT2D eigenvalue weighted by molar-refractivity contribution is 0.395. The smallest absolute Gasteiger partial charge is 0.248 e. The molecule has 9 heteroatoms. The van der Waals surface area contributed by atoms with E-state index in [-0.39, 0.29) is 12.1 Å². The van der Waals surface area contributed by atoms with Crippen LogP contribution in [0.25, 0.3) is 10.9 Å². The van der Waals surface area contributed by atoms with Crippen LogP contribution in [0, 0.1) is 18.6 Å². The second kappa shape index (κ2) is 8.47. The number of halogens is 2. The van der Waals surface area contributed by atoms with Crippen molar-refractivity contribution in [3.63, 3.8) is 0 Å². The fourth-order valence-corrected chi connectivity index (χ4v) is 3.37. The Labute approximate surface area is 176 Å². The number of nitrogens with zero attached hydrogens (tertiary/aromatic N) is 4. The number of ether oxygens (including phenoxy) is 1. The van der Waals surface area contributed by atoms with Crippen molar-refractivity contribution in [2.75, 3.05) is 12.0 Å². The van der Waals surface area contributed by atoms with Crippen molar-refractivity contribution >= 4 is 16.7 Å². The van der Waals surface area contributed by atoms with Gasteiger partial charge in [-0.15, -0.1) is 0 Å². The van der Waals surface area contributed by atoms with Crippen molar-refractivity contribution in [3.05, 3.63) is 87.7 Å². The first-order chi connectivity index (χ1) is 14.9. The summed E-state index contributed by atoms with van der Waals surface area (Å²) >= 11 is 0. The Bertz CT molecular complexity index is 1290. The van der Waals surface area contributed by atoms with Crippen LogP contribution in [0.15, 0.2) is 53.5 Å². The first-order valence-electron chi connectivity index (χ1n) is 9.49. The van der Waals surface area contributed by atoms with Gasteiger partial charge in [0.2, 0.25) is 11.4 Å². The highest BCUT2D eigenvalue weighted by atomic mass is 19.2. The SMILES string of the molecule is COc1cc(N(Cc2ccccn2)Cc2cc(=O)[nH]c3c(F)c(F)ccc23)nc(C)n1. The Hall–Kier alpha value is -3.88. The summed E-state index contributed by atoms with van der Waals surface area (Å²) in [6.07, 6.45) is 1.68. The van der Waals surface area contributed by atoms with E-state index in [1.807, 2.05) is 23.1 Å². The summed E-state index contributed by atoms with van der Waals surface area (Å²) in [5.41, 5.74) is 0.589. The first-order valence-corrected chi connectivity index (χ1v) is 9.49. The van der Waals surface area contributed by atoms with Crippen molar-refractivity contribution in [2.45, 2.75) is 20.0 Å². The lowest BCUT2D eigenvalue weighted by atomic mass is 10.1. The summed E-state index contributed by atoms with van der Waals surface area (Å²) in [5, 5.41) is 0.405. The van der Waals surface area contributed by atoms with E-state index in [9.17, 15) is 13.6 Å². The summed E-state index contributed by atoms with van der Waals surface area (Å²) in [7, 11) is 1.51. The number of hydrogen-bond acceptors (Lipinski definition) is 6. The van der Waals surface area contributed by atoms with Gasteiger partial charge in [-0.25, -0.2) is 13.8 Å². The molecule has 1 N–H and O–H groups in total. The number of benzene rings is 1. The quantitative estimate of drug-likeness (QED) is 0.511. The lowest BCUT2D eigenvalue weighted by Gasteiger charge is -2.24. The van der Waals surface area contributed by atoms with E-state index in [0.717, 1.165) is 11.8 Å². The minimum Gasteiger partial charge on any atom is -0.481 e. The maximum atomic E-state index is 14.3. The van der Waals surface area contributed by atoms with Crippen LogP contribution < -0.4 is 15.2 Å². The highest BCUT2D eigenvalue weighted by molar-refractivity contribution is 5.82. The summed E-state index contributed by atoms with van der Waals surface area (Å²) in [6, 6.07) is 11.1. The summed E-state index contributed by atoms with van der Waals surface area (Å²) in [6.45, 7) is 2.30. The average molecular weight is 423 g/mol. The fourth-order valence-electron chi connectivity index (χ4n) is 3.37. The van der Waals surface area contributed by atoms with E-state index in [2.05, 4.69) is 19.9 Å². The number of fused-ring (bicyclic) bond motifs is 1. The highest BCUT2D eigenvalue weighted by Gasteiger charge is 2.17. The number of nitrogens with one attached hydrogen (secondary N) is 1. The molecule has 4 rings (SSSR count). The van der Waals surface area contributed by atoms with Crippen molar-refractivity contribution in [1.29, 1.82) is 0 Å². The van der Waals surface area contributed by atoms with E-state index in [1.165, 1.54) is 19.2 Å². The number of hydrogen-bond donors (Lipinski definition) is 1. The minimum atomic E-state index is -1.09. The zero-order valence-corrected chi connectivity index (χ0v) is 16.9. The lowest BCUT2D eigenvalue weighted by Crippen LogP contribution is -2.25. The largest absolute Gasteiger partial charge is 0.481 e. The molecule has 0 unspecified atom stereocenters. The molecule has 0 saturated heterocycles. The predicted octanol–water partition coefficient (Wildman–Crippen LogP) is 3.52. The number of rotatable bonds is 6. The van der Waals surface area contributed by atoms with E-state index in [4.69, 9.17) is 4.74 Å². The minimum absolute atomic E-state index is 0.170. The molecule has 3 aromatic heterocycles. The molecule has 0 bridgehead atoms. The van der Waals surface area contributed by atoms with Crippen molar-refractivity contribution in [2.24, 2.45) is 0 Å². The van der Waals surface area contributed by atoms with Gasteiger partial charge in [0, 0.05) is 30.3 Å². The van der Waals surface area contributed by atoms with Gasteiger partial charge in [0.05, 0.1) is 24.9 Å². The molecule has 0 aliphatic carbocycles. The van der Waals surface area contributed by atoms with E-state index in [1.54, 1.807) is 19.2 Å². The number of methoxy groups -OCH3 is 1. The summed E-state index contributed by atoms with van der Waals surface area (Å²) in [4.78, 5) is 29.5. The van der Waals surface area contributed by atoms with Gasteiger partial charge in [0.15, 0.2) is 11.6 Å². The van der Waals surface area contributed by atoms with E-state index in [0.29, 0.717) is 35.0 Å². The zero-order chi connectivity index (χ0) is 22.0. The maximum Gasteiger partial charge on any atom is 0.248 e. The number of H-pyrrole nitrogens is 1. The van der Waals surface area contributed by atoms with E-state index >= 15 is 0 Å². The van der Waals surface area contributed by atoms with Crippen LogP contribution in [0.2, 0.25) is 0 Å². The van der Waals surface area contributed by atoms with Gasteiger partial charge in [-0.3, -0.25) is 9.78 Å². The van der Waals surface area contributed by atoms with Gasteiger partial charge in [-0.2, -0.15) is 4.98 Å². The highest BCUT2D eigenvalue weighted by Crippen LogP contribution is 2.25. The third kappa shape index (κ3) is 4.35.